The zero-order valence-electron chi connectivity index (χ0n) is 34.9. The number of hydrogen-bond acceptors (Lipinski definition) is 10. The molecule has 1 amide bonds. The number of rotatable bonds is 13. The van der Waals surface area contributed by atoms with Crippen LogP contribution in [0.1, 0.15) is 110 Å². The molecule has 4 aromatic rings. The average molecular weight is 843 g/mol. The van der Waals surface area contributed by atoms with Crippen molar-refractivity contribution in [2.24, 2.45) is 11.8 Å². The van der Waals surface area contributed by atoms with E-state index in [-0.39, 0.29) is 61.4 Å². The first-order chi connectivity index (χ1) is 28.4. The number of fused-ring (bicyclic) bond motifs is 3. The number of carbonyl (C=O) groups is 3. The van der Waals surface area contributed by atoms with Crippen LogP contribution >= 0.6 is 18.7 Å². The molecule has 6 atom stereocenters. The Bertz CT molecular complexity index is 2180. The number of methoxy groups -OCH3 is 1. The predicted molar refractivity (Wildman–Crippen MR) is 233 cm³/mol. The Hall–Kier alpha value is -4.12. The maximum atomic E-state index is 14.9. The van der Waals surface area contributed by atoms with E-state index < -0.39 is 30.6 Å². The Morgan fingerprint density at radius 2 is 1.80 bits per heavy atom. The third kappa shape index (κ3) is 9.92. The summed E-state index contributed by atoms with van der Waals surface area (Å²) < 4.78 is 27.0. The van der Waals surface area contributed by atoms with Gasteiger partial charge in [-0.2, -0.15) is 0 Å². The number of amides is 1. The molecule has 316 valence electrons. The minimum Gasteiger partial charge on any atom is -0.497 e. The van der Waals surface area contributed by atoms with Crippen molar-refractivity contribution in [3.63, 3.8) is 0 Å². The van der Waals surface area contributed by atoms with E-state index >= 15 is 0 Å². The summed E-state index contributed by atoms with van der Waals surface area (Å²) >= 11 is 1.49. The minimum absolute atomic E-state index is 0.00846. The first-order valence-corrected chi connectivity index (χ1v) is 24.2. The molecule has 2 unspecified atom stereocenters. The highest BCUT2D eigenvalue weighted by Gasteiger charge is 2.65. The van der Waals surface area contributed by atoms with Crippen LogP contribution in [0.25, 0.3) is 22.3 Å². The van der Waals surface area contributed by atoms with Crippen LogP contribution in [-0.2, 0) is 25.1 Å². The molecule has 1 saturated carbocycles. The molecule has 0 bridgehead atoms. The van der Waals surface area contributed by atoms with Crippen molar-refractivity contribution >= 4 is 52.2 Å². The summed E-state index contributed by atoms with van der Waals surface area (Å²) in [6, 6.07) is 16.2. The molecule has 7 rings (SSSR count). The number of aromatic nitrogens is 2. The number of Topliss-reactive ketones (excluding diaryl/α,β-unsaturated/α-hetero) is 2. The molecule has 3 fully saturated rings. The highest BCUT2D eigenvalue weighted by Crippen LogP contribution is 2.75. The van der Waals surface area contributed by atoms with Gasteiger partial charge in [-0.1, -0.05) is 69.4 Å². The summed E-state index contributed by atoms with van der Waals surface area (Å²) in [5.74, 6) is 0.250. The molecule has 0 spiro atoms. The number of pyridine rings is 1. The van der Waals surface area contributed by atoms with Crippen LogP contribution in [0.3, 0.4) is 0 Å². The van der Waals surface area contributed by atoms with Gasteiger partial charge in [0.2, 0.25) is 13.3 Å². The zero-order chi connectivity index (χ0) is 41.7. The monoisotopic (exact) mass is 842 g/mol. The number of carbonyl (C=O) groups excluding carboxylic acids is 3. The first-order valence-electron chi connectivity index (χ1n) is 21.5. The van der Waals surface area contributed by atoms with Crippen LogP contribution in [0.15, 0.2) is 60.0 Å². The molecule has 1 aliphatic carbocycles. The Morgan fingerprint density at radius 1 is 1.03 bits per heavy atom. The maximum absolute atomic E-state index is 14.9. The number of thiazole rings is 1. The molecule has 2 saturated heterocycles. The van der Waals surface area contributed by atoms with Crippen LogP contribution in [0.4, 0.5) is 5.13 Å². The average Bonchev–Trinajstić information content (AvgIpc) is 3.48. The lowest BCUT2D eigenvalue weighted by Gasteiger charge is -2.30. The number of ether oxygens (including phenoxy) is 2. The number of nitrogens with zero attached hydrogens (tertiary/aromatic N) is 3. The van der Waals surface area contributed by atoms with E-state index in [0.717, 1.165) is 54.6 Å². The van der Waals surface area contributed by atoms with Crippen LogP contribution in [0, 0.1) is 11.8 Å². The fraction of sp³-hybridized carbons (Fsp3) is 0.543. The van der Waals surface area contributed by atoms with Crippen molar-refractivity contribution in [2.45, 2.75) is 134 Å². The van der Waals surface area contributed by atoms with Crippen molar-refractivity contribution in [3.05, 3.63) is 65.5 Å². The second-order valence-corrected chi connectivity index (χ2v) is 20.7. The van der Waals surface area contributed by atoms with Gasteiger partial charge in [-0.3, -0.25) is 18.9 Å². The Morgan fingerprint density at radius 3 is 2.54 bits per heavy atom. The second-order valence-electron chi connectivity index (χ2n) is 17.2. The van der Waals surface area contributed by atoms with Gasteiger partial charge in [-0.15, -0.1) is 11.3 Å². The molecular formula is C46H59N4O7PS. The van der Waals surface area contributed by atoms with Gasteiger partial charge in [-0.05, 0) is 63.1 Å². The standard InChI is InChI=1S/C46H59N4O7PS/c1-5-14-34(51)21-32-17-12-7-6-8-13-18-33-25-46(33,58(54,55)28-31-15-10-9-11-16-31)26-42(52)41-23-36(27-50(41)44(32)53)57-43-24-39(40-29-59-45(49-40)47-30(2)3)48-38-22-35(56-4)19-20-37(38)43/h9-11,15-16,19-20,22,24,29-30,32-33,36,41H,5-8,12-14,17-18,21,23,25-28H2,1-4H3,(H,47,49)(H,54,55)/t32?,33-,36-,41+,46-/m1/s1. The third-order valence-corrected chi connectivity index (χ3v) is 16.1. The SMILES string of the molecule is CCCC(=O)CC1CCCCCCC[C@@H]2C[C@@]2(P(=O)(O)Cc2ccccc2)CC(=O)[C@@H]2C[C@@H](Oc3cc(-c4csc(NC(C)C)n4)nc4cc(OC)ccc34)CN2C1=O. The molecule has 3 aliphatic rings. The smallest absolute Gasteiger partial charge is 0.226 e. The quantitative estimate of drug-likeness (QED) is 0.125. The maximum Gasteiger partial charge on any atom is 0.226 e. The molecule has 2 aliphatic heterocycles. The van der Waals surface area contributed by atoms with E-state index in [4.69, 9.17) is 19.4 Å². The van der Waals surface area contributed by atoms with Crippen molar-refractivity contribution in [2.75, 3.05) is 19.0 Å². The fourth-order valence-electron chi connectivity index (χ4n) is 9.28. The van der Waals surface area contributed by atoms with Crippen molar-refractivity contribution in [1.29, 1.82) is 0 Å². The molecule has 59 heavy (non-hydrogen) atoms. The molecule has 13 heteroatoms. The van der Waals surface area contributed by atoms with E-state index in [1.54, 1.807) is 12.0 Å². The summed E-state index contributed by atoms with van der Waals surface area (Å²) in [7, 11) is -2.26. The Labute approximate surface area is 352 Å². The van der Waals surface area contributed by atoms with Crippen LogP contribution in [-0.4, -0.2) is 74.2 Å². The number of ketones is 2. The molecular weight excluding hydrogens is 784 g/mol. The molecule has 11 nitrogen and oxygen atoms in total. The van der Waals surface area contributed by atoms with E-state index in [9.17, 15) is 23.8 Å². The van der Waals surface area contributed by atoms with Gasteiger partial charge in [0.1, 0.15) is 29.1 Å². The summed E-state index contributed by atoms with van der Waals surface area (Å²) in [4.78, 5) is 66.1. The summed E-state index contributed by atoms with van der Waals surface area (Å²) in [6.07, 6.45) is 7.44. The van der Waals surface area contributed by atoms with Gasteiger partial charge in [0.25, 0.3) is 0 Å². The lowest BCUT2D eigenvalue weighted by atomic mass is 9.92. The van der Waals surface area contributed by atoms with Crippen LogP contribution in [0.2, 0.25) is 0 Å². The molecule has 2 N–H and O–H groups in total. The normalized spacial score (nSPS) is 25.1. The summed E-state index contributed by atoms with van der Waals surface area (Å²) in [6.45, 7) is 6.23. The number of anilines is 1. The summed E-state index contributed by atoms with van der Waals surface area (Å²) in [5, 5.41) is 5.80. The number of benzene rings is 2. The minimum atomic E-state index is -3.86. The van der Waals surface area contributed by atoms with Crippen molar-refractivity contribution < 1.29 is 33.3 Å². The van der Waals surface area contributed by atoms with Gasteiger partial charge in [0, 0.05) is 60.5 Å². The molecule has 2 aromatic carbocycles. The van der Waals surface area contributed by atoms with Gasteiger partial charge in [-0.25, -0.2) is 9.97 Å². The van der Waals surface area contributed by atoms with Crippen LogP contribution < -0.4 is 14.8 Å². The lowest BCUT2D eigenvalue weighted by molar-refractivity contribution is -0.142. The Balaban J connectivity index is 1.23. The van der Waals surface area contributed by atoms with Crippen molar-refractivity contribution in [3.8, 4) is 22.9 Å². The van der Waals surface area contributed by atoms with Gasteiger partial charge < -0.3 is 24.6 Å². The van der Waals surface area contributed by atoms with E-state index in [2.05, 4.69) is 19.2 Å². The van der Waals surface area contributed by atoms with E-state index in [1.807, 2.05) is 66.9 Å². The first kappa shape index (κ1) is 43.0. The van der Waals surface area contributed by atoms with E-state index in [0.29, 0.717) is 54.1 Å². The largest absolute Gasteiger partial charge is 0.497 e. The van der Waals surface area contributed by atoms with Gasteiger partial charge in [0.05, 0.1) is 42.2 Å². The third-order valence-electron chi connectivity index (χ3n) is 12.4. The number of hydrogen-bond donors (Lipinski definition) is 2. The Kier molecular flexibility index (Phi) is 13.6. The molecule has 0 radical (unpaired) electrons. The molecule has 4 heterocycles. The summed E-state index contributed by atoms with van der Waals surface area (Å²) in [5.41, 5.74) is 2.72. The highest BCUT2D eigenvalue weighted by atomic mass is 32.1. The number of nitrogens with one attached hydrogen (secondary N) is 1. The fourth-order valence-corrected chi connectivity index (χ4v) is 12.8. The predicted octanol–water partition coefficient (Wildman–Crippen LogP) is 9.84. The van der Waals surface area contributed by atoms with Crippen molar-refractivity contribution in [1.82, 2.24) is 14.9 Å². The zero-order valence-corrected chi connectivity index (χ0v) is 36.6. The van der Waals surface area contributed by atoms with Crippen LogP contribution in [0.5, 0.6) is 11.5 Å². The second kappa shape index (κ2) is 18.7. The topological polar surface area (TPSA) is 148 Å². The lowest BCUT2D eigenvalue weighted by Crippen LogP contribution is -2.45. The van der Waals surface area contributed by atoms with Gasteiger partial charge >= 0.3 is 0 Å². The highest BCUT2D eigenvalue weighted by molar-refractivity contribution is 7.59. The van der Waals surface area contributed by atoms with E-state index in [1.165, 1.54) is 11.3 Å². The molecule has 2 aromatic heterocycles. The van der Waals surface area contributed by atoms with Gasteiger partial charge in [0.15, 0.2) is 10.9 Å².